The van der Waals surface area contributed by atoms with Crippen LogP contribution in [0.3, 0.4) is 0 Å². The van der Waals surface area contributed by atoms with Crippen molar-refractivity contribution in [3.05, 3.63) is 35.4 Å². The highest BCUT2D eigenvalue weighted by atomic mass is 16.4. The number of rotatable bonds is 3. The van der Waals surface area contributed by atoms with Crippen LogP contribution in [0.4, 0.5) is 0 Å². The van der Waals surface area contributed by atoms with E-state index in [0.29, 0.717) is 18.4 Å². The summed E-state index contributed by atoms with van der Waals surface area (Å²) in [6.45, 7) is 4.07. The number of aliphatic carboxylic acids is 1. The Kier molecular flexibility index (Phi) is 3.87. The van der Waals surface area contributed by atoms with Crippen molar-refractivity contribution in [2.75, 3.05) is 13.1 Å². The lowest BCUT2D eigenvalue weighted by atomic mass is 9.80. The number of carboxylic acids is 1. The van der Waals surface area contributed by atoms with Gasteiger partial charge in [0.05, 0.1) is 17.0 Å². The summed E-state index contributed by atoms with van der Waals surface area (Å²) in [5.74, 6) is -0.704. The van der Waals surface area contributed by atoms with Gasteiger partial charge in [0, 0.05) is 6.54 Å². The quantitative estimate of drug-likeness (QED) is 0.903. The van der Waals surface area contributed by atoms with Gasteiger partial charge in [-0.1, -0.05) is 18.2 Å². The minimum atomic E-state index is -0.704. The normalized spacial score (nSPS) is 18.7. The first kappa shape index (κ1) is 13.6. The van der Waals surface area contributed by atoms with Crippen LogP contribution in [0.2, 0.25) is 0 Å². The summed E-state index contributed by atoms with van der Waals surface area (Å²) < 4.78 is 0. The molecule has 4 heteroatoms. The smallest absolute Gasteiger partial charge is 0.309 e. The van der Waals surface area contributed by atoms with Crippen molar-refractivity contribution in [3.63, 3.8) is 0 Å². The zero-order valence-electron chi connectivity index (χ0n) is 11.1. The molecule has 1 aliphatic rings. The predicted molar refractivity (Wildman–Crippen MR) is 71.4 cm³/mol. The van der Waals surface area contributed by atoms with Crippen molar-refractivity contribution in [1.29, 1.82) is 5.26 Å². The molecular formula is C15H18N2O2. The fraction of sp³-hybridized carbons (Fsp3) is 0.467. The first-order valence-electron chi connectivity index (χ1n) is 6.49. The molecule has 0 radical (unpaired) electrons. The fourth-order valence-corrected chi connectivity index (χ4v) is 2.43. The Balaban J connectivity index is 2.00. The Hall–Kier alpha value is -1.86. The summed E-state index contributed by atoms with van der Waals surface area (Å²) >= 11 is 0. The van der Waals surface area contributed by atoms with Gasteiger partial charge in [0.25, 0.3) is 0 Å². The van der Waals surface area contributed by atoms with Crippen molar-refractivity contribution in [2.24, 2.45) is 5.41 Å². The highest BCUT2D eigenvalue weighted by molar-refractivity contribution is 5.74. The lowest BCUT2D eigenvalue weighted by Crippen LogP contribution is -2.42. The molecule has 0 atom stereocenters. The molecule has 19 heavy (non-hydrogen) atoms. The van der Waals surface area contributed by atoms with Crippen LogP contribution in [0.25, 0.3) is 0 Å². The number of nitrogens with zero attached hydrogens (tertiary/aromatic N) is 2. The third-order valence-electron chi connectivity index (χ3n) is 4.01. The maximum absolute atomic E-state index is 11.2. The molecule has 0 unspecified atom stereocenters. The summed E-state index contributed by atoms with van der Waals surface area (Å²) in [6.07, 6.45) is 1.33. The van der Waals surface area contributed by atoms with Crippen molar-refractivity contribution in [3.8, 4) is 6.07 Å². The lowest BCUT2D eigenvalue weighted by Gasteiger charge is -2.36. The van der Waals surface area contributed by atoms with E-state index in [-0.39, 0.29) is 0 Å². The van der Waals surface area contributed by atoms with Crippen molar-refractivity contribution in [1.82, 2.24) is 4.90 Å². The van der Waals surface area contributed by atoms with E-state index in [1.807, 2.05) is 31.2 Å². The Bertz CT molecular complexity index is 511. The van der Waals surface area contributed by atoms with E-state index >= 15 is 0 Å². The SMILES string of the molecule is CC1(C(=O)O)CCN(Cc2ccccc2C#N)CC1. The molecular weight excluding hydrogens is 240 g/mol. The van der Waals surface area contributed by atoms with Crippen LogP contribution in [-0.2, 0) is 11.3 Å². The van der Waals surface area contributed by atoms with E-state index in [1.54, 1.807) is 0 Å². The molecule has 1 saturated heterocycles. The van der Waals surface area contributed by atoms with Gasteiger partial charge in [0.1, 0.15) is 0 Å². The van der Waals surface area contributed by atoms with Crippen molar-refractivity contribution >= 4 is 5.97 Å². The van der Waals surface area contributed by atoms with E-state index in [1.165, 1.54) is 0 Å². The average Bonchev–Trinajstić information content (AvgIpc) is 2.42. The molecule has 1 aromatic carbocycles. The third-order valence-corrected chi connectivity index (χ3v) is 4.01. The van der Waals surface area contributed by atoms with Crippen LogP contribution in [0.5, 0.6) is 0 Å². The monoisotopic (exact) mass is 258 g/mol. The van der Waals surface area contributed by atoms with Crippen LogP contribution in [-0.4, -0.2) is 29.1 Å². The summed E-state index contributed by atoms with van der Waals surface area (Å²) in [7, 11) is 0. The molecule has 1 aliphatic heterocycles. The molecule has 1 fully saturated rings. The summed E-state index contributed by atoms with van der Waals surface area (Å²) in [5.41, 5.74) is 1.13. The molecule has 2 rings (SSSR count). The number of nitriles is 1. The predicted octanol–water partition coefficient (Wildman–Crippen LogP) is 2.24. The van der Waals surface area contributed by atoms with Gasteiger partial charge in [0.15, 0.2) is 0 Å². The second-order valence-corrected chi connectivity index (χ2v) is 5.41. The van der Waals surface area contributed by atoms with Gasteiger partial charge < -0.3 is 5.11 Å². The van der Waals surface area contributed by atoms with Crippen LogP contribution >= 0.6 is 0 Å². The number of carboxylic acid groups (broad SMARTS) is 1. The maximum Gasteiger partial charge on any atom is 0.309 e. The lowest BCUT2D eigenvalue weighted by molar-refractivity contribution is -0.150. The Morgan fingerprint density at radius 1 is 1.42 bits per heavy atom. The largest absolute Gasteiger partial charge is 0.481 e. The summed E-state index contributed by atoms with van der Waals surface area (Å²) in [6, 6.07) is 9.77. The molecule has 0 aliphatic carbocycles. The second kappa shape index (κ2) is 5.41. The standard InChI is InChI=1S/C15H18N2O2/c1-15(14(18)19)6-8-17(9-7-15)11-13-5-3-2-4-12(13)10-16/h2-5H,6-9,11H2,1H3,(H,18,19). The number of carbonyl (C=O) groups is 1. The zero-order chi connectivity index (χ0) is 13.9. The molecule has 0 spiro atoms. The Morgan fingerprint density at radius 3 is 2.63 bits per heavy atom. The maximum atomic E-state index is 11.2. The molecule has 0 saturated carbocycles. The van der Waals surface area contributed by atoms with Crippen LogP contribution in [0, 0.1) is 16.7 Å². The highest BCUT2D eigenvalue weighted by Crippen LogP contribution is 2.31. The molecule has 1 aromatic rings. The molecule has 4 nitrogen and oxygen atoms in total. The Morgan fingerprint density at radius 2 is 2.05 bits per heavy atom. The van der Waals surface area contributed by atoms with Crippen LogP contribution in [0.15, 0.2) is 24.3 Å². The molecule has 1 N–H and O–H groups in total. The van der Waals surface area contributed by atoms with Gasteiger partial charge in [-0.25, -0.2) is 0 Å². The average molecular weight is 258 g/mol. The molecule has 0 amide bonds. The summed E-state index contributed by atoms with van der Waals surface area (Å²) in [5, 5.41) is 18.3. The summed E-state index contributed by atoms with van der Waals surface area (Å²) in [4.78, 5) is 13.4. The van der Waals surface area contributed by atoms with E-state index in [2.05, 4.69) is 11.0 Å². The molecule has 1 heterocycles. The van der Waals surface area contributed by atoms with Gasteiger partial charge in [-0.05, 0) is 44.5 Å². The van der Waals surface area contributed by atoms with E-state index in [4.69, 9.17) is 5.26 Å². The minimum absolute atomic E-state index is 0.592. The second-order valence-electron chi connectivity index (χ2n) is 5.41. The van der Waals surface area contributed by atoms with Crippen LogP contribution < -0.4 is 0 Å². The molecule has 0 bridgehead atoms. The number of hydrogen-bond acceptors (Lipinski definition) is 3. The number of piperidine rings is 1. The van der Waals surface area contributed by atoms with Gasteiger partial charge in [-0.2, -0.15) is 5.26 Å². The third kappa shape index (κ3) is 2.94. The number of hydrogen-bond donors (Lipinski definition) is 1. The van der Waals surface area contributed by atoms with Crippen molar-refractivity contribution in [2.45, 2.75) is 26.3 Å². The fourth-order valence-electron chi connectivity index (χ4n) is 2.43. The van der Waals surface area contributed by atoms with Gasteiger partial charge in [-0.15, -0.1) is 0 Å². The molecule has 100 valence electrons. The van der Waals surface area contributed by atoms with E-state index < -0.39 is 11.4 Å². The van der Waals surface area contributed by atoms with Crippen LogP contribution in [0.1, 0.15) is 30.9 Å². The number of benzene rings is 1. The number of likely N-dealkylation sites (tertiary alicyclic amines) is 1. The first-order chi connectivity index (χ1) is 9.05. The van der Waals surface area contributed by atoms with Gasteiger partial charge in [0.2, 0.25) is 0 Å². The first-order valence-corrected chi connectivity index (χ1v) is 6.49. The molecule has 0 aromatic heterocycles. The topological polar surface area (TPSA) is 64.3 Å². The van der Waals surface area contributed by atoms with E-state index in [9.17, 15) is 9.90 Å². The van der Waals surface area contributed by atoms with Crippen molar-refractivity contribution < 1.29 is 9.90 Å². The zero-order valence-corrected chi connectivity index (χ0v) is 11.1. The van der Waals surface area contributed by atoms with Gasteiger partial charge >= 0.3 is 5.97 Å². The highest BCUT2D eigenvalue weighted by Gasteiger charge is 2.36. The Labute approximate surface area is 113 Å². The minimum Gasteiger partial charge on any atom is -0.481 e. The van der Waals surface area contributed by atoms with Gasteiger partial charge in [-0.3, -0.25) is 9.69 Å². The van der Waals surface area contributed by atoms with E-state index in [0.717, 1.165) is 25.2 Å².